The Morgan fingerprint density at radius 2 is 1.89 bits per heavy atom. The molecule has 0 saturated carbocycles. The predicted octanol–water partition coefficient (Wildman–Crippen LogP) is 3.87. The largest absolute Gasteiger partial charge is 0.467 e. The van der Waals surface area contributed by atoms with Crippen molar-refractivity contribution in [2.75, 3.05) is 6.54 Å². The average Bonchev–Trinajstić information content (AvgIpc) is 2.77. The van der Waals surface area contributed by atoms with Gasteiger partial charge in [0, 0.05) is 11.6 Å². The maximum Gasteiger partial charge on any atom is 0.131 e. The number of rotatable bonds is 4. The smallest absolute Gasteiger partial charge is 0.131 e. The van der Waals surface area contributed by atoms with Crippen molar-refractivity contribution in [2.45, 2.75) is 26.8 Å². The molecule has 2 rings (SSSR count). The van der Waals surface area contributed by atoms with E-state index in [9.17, 15) is 8.78 Å². The molecule has 0 aliphatic carbocycles. The fraction of sp³-hybridized carbons (Fsp3) is 0.333. The van der Waals surface area contributed by atoms with Gasteiger partial charge in [0.1, 0.15) is 17.4 Å². The van der Waals surface area contributed by atoms with Crippen LogP contribution in [0, 0.1) is 25.5 Å². The lowest BCUT2D eigenvalue weighted by atomic mass is 9.99. The summed E-state index contributed by atoms with van der Waals surface area (Å²) in [6, 6.07) is 3.88. The summed E-state index contributed by atoms with van der Waals surface area (Å²) in [5.74, 6) is -0.440. The summed E-state index contributed by atoms with van der Waals surface area (Å²) in [4.78, 5) is 0. The molecular formula is C15H17F2NO. The minimum atomic E-state index is -0.565. The molecule has 1 atom stereocenters. The topological polar surface area (TPSA) is 25.2 Å². The summed E-state index contributed by atoms with van der Waals surface area (Å²) >= 11 is 0. The van der Waals surface area contributed by atoms with Crippen LogP contribution in [0.2, 0.25) is 0 Å². The van der Waals surface area contributed by atoms with Crippen LogP contribution < -0.4 is 5.32 Å². The number of aryl methyl sites for hydroxylation is 2. The Kier molecular flexibility index (Phi) is 4.00. The van der Waals surface area contributed by atoms with Gasteiger partial charge in [0.25, 0.3) is 0 Å². The van der Waals surface area contributed by atoms with Gasteiger partial charge >= 0.3 is 0 Å². The van der Waals surface area contributed by atoms with E-state index in [4.69, 9.17) is 4.42 Å². The van der Waals surface area contributed by atoms with Crippen molar-refractivity contribution < 1.29 is 13.2 Å². The maximum atomic E-state index is 14.0. The number of nitrogens with one attached hydrogen (secondary N) is 1. The molecule has 4 heteroatoms. The minimum Gasteiger partial charge on any atom is -0.467 e. The van der Waals surface area contributed by atoms with E-state index in [-0.39, 0.29) is 0 Å². The van der Waals surface area contributed by atoms with Crippen LogP contribution in [-0.2, 0) is 0 Å². The zero-order valence-electron chi connectivity index (χ0n) is 11.3. The van der Waals surface area contributed by atoms with Crippen LogP contribution in [0.1, 0.15) is 35.4 Å². The van der Waals surface area contributed by atoms with Crippen molar-refractivity contribution in [2.24, 2.45) is 0 Å². The first kappa shape index (κ1) is 13.7. The summed E-state index contributed by atoms with van der Waals surface area (Å²) in [6.07, 6.45) is 1.57. The summed E-state index contributed by atoms with van der Waals surface area (Å²) in [5.41, 5.74) is 1.76. The molecule has 1 aromatic carbocycles. The Labute approximate surface area is 111 Å². The first-order valence-corrected chi connectivity index (χ1v) is 6.27. The molecule has 1 unspecified atom stereocenters. The average molecular weight is 265 g/mol. The monoisotopic (exact) mass is 265 g/mol. The highest BCUT2D eigenvalue weighted by Gasteiger charge is 2.22. The Morgan fingerprint density at radius 3 is 2.47 bits per heavy atom. The molecule has 0 saturated heterocycles. The van der Waals surface area contributed by atoms with E-state index >= 15 is 0 Å². The molecule has 0 bridgehead atoms. The molecule has 1 heterocycles. The van der Waals surface area contributed by atoms with Crippen LogP contribution in [0.5, 0.6) is 0 Å². The summed E-state index contributed by atoms with van der Waals surface area (Å²) < 4.78 is 32.8. The van der Waals surface area contributed by atoms with Crippen LogP contribution in [0.3, 0.4) is 0 Å². The lowest BCUT2D eigenvalue weighted by Gasteiger charge is -2.18. The predicted molar refractivity (Wildman–Crippen MR) is 70.1 cm³/mol. The maximum absolute atomic E-state index is 14.0. The molecule has 102 valence electrons. The first-order chi connectivity index (χ1) is 9.04. The zero-order chi connectivity index (χ0) is 14.0. The number of hydrogen-bond donors (Lipinski definition) is 1. The second-order valence-electron chi connectivity index (χ2n) is 4.58. The van der Waals surface area contributed by atoms with E-state index < -0.39 is 17.7 Å². The van der Waals surface area contributed by atoms with Crippen molar-refractivity contribution in [3.05, 3.63) is 58.5 Å². The van der Waals surface area contributed by atoms with Crippen molar-refractivity contribution in [3.63, 3.8) is 0 Å². The van der Waals surface area contributed by atoms with Crippen LogP contribution >= 0.6 is 0 Å². The number of hydrogen-bond acceptors (Lipinski definition) is 2. The number of benzene rings is 1. The van der Waals surface area contributed by atoms with Crippen molar-refractivity contribution in [3.8, 4) is 0 Å². The van der Waals surface area contributed by atoms with Crippen LogP contribution in [0.15, 0.2) is 28.9 Å². The zero-order valence-corrected chi connectivity index (χ0v) is 11.3. The molecule has 0 aliphatic heterocycles. The van der Waals surface area contributed by atoms with Gasteiger partial charge in [-0.25, -0.2) is 8.78 Å². The first-order valence-electron chi connectivity index (χ1n) is 6.27. The van der Waals surface area contributed by atoms with Gasteiger partial charge in [-0.15, -0.1) is 0 Å². The van der Waals surface area contributed by atoms with Gasteiger partial charge in [0.15, 0.2) is 0 Å². The normalized spacial score (nSPS) is 12.7. The third-order valence-electron chi connectivity index (χ3n) is 3.16. The number of halogens is 2. The van der Waals surface area contributed by atoms with Gasteiger partial charge in [0.05, 0.1) is 12.3 Å². The molecule has 1 aromatic heterocycles. The molecule has 2 aromatic rings. The molecule has 0 radical (unpaired) electrons. The Bertz CT molecular complexity index is 578. The summed E-state index contributed by atoms with van der Waals surface area (Å²) in [7, 11) is 0. The molecule has 0 spiro atoms. The molecular weight excluding hydrogens is 248 g/mol. The highest BCUT2D eigenvalue weighted by molar-refractivity contribution is 5.35. The van der Waals surface area contributed by atoms with Gasteiger partial charge in [-0.05, 0) is 43.7 Å². The fourth-order valence-corrected chi connectivity index (χ4v) is 2.13. The van der Waals surface area contributed by atoms with E-state index in [1.807, 2.05) is 19.9 Å². The molecule has 2 nitrogen and oxygen atoms in total. The molecule has 1 N–H and O–H groups in total. The van der Waals surface area contributed by atoms with Crippen molar-refractivity contribution >= 4 is 0 Å². The van der Waals surface area contributed by atoms with Crippen molar-refractivity contribution in [1.82, 2.24) is 5.32 Å². The van der Waals surface area contributed by atoms with E-state index in [0.29, 0.717) is 23.4 Å². The molecule has 0 aliphatic rings. The second-order valence-corrected chi connectivity index (χ2v) is 4.58. The summed E-state index contributed by atoms with van der Waals surface area (Å²) in [5, 5.41) is 3.17. The highest BCUT2D eigenvalue weighted by Crippen LogP contribution is 2.29. The minimum absolute atomic E-state index is 0.402. The van der Waals surface area contributed by atoms with Gasteiger partial charge in [-0.1, -0.05) is 6.92 Å². The number of furan rings is 1. The van der Waals surface area contributed by atoms with Gasteiger partial charge in [-0.2, -0.15) is 0 Å². The highest BCUT2D eigenvalue weighted by atomic mass is 19.1. The SMILES string of the molecule is CCNC(c1cc(C)c(F)cc1F)c1occc1C. The standard InChI is InChI=1S/C15H17F2NO/c1-4-18-14(15-9(2)5-6-19-15)11-7-10(3)12(16)8-13(11)17/h5-8,14,18H,4H2,1-3H3. The van der Waals surface area contributed by atoms with Crippen LogP contribution in [0.4, 0.5) is 8.78 Å². The third-order valence-corrected chi connectivity index (χ3v) is 3.16. The van der Waals surface area contributed by atoms with E-state index in [1.54, 1.807) is 13.2 Å². The van der Waals surface area contributed by atoms with Crippen LogP contribution in [-0.4, -0.2) is 6.54 Å². The lowest BCUT2D eigenvalue weighted by Crippen LogP contribution is -2.23. The Hall–Kier alpha value is -1.68. The Balaban J connectivity index is 2.51. The van der Waals surface area contributed by atoms with Crippen molar-refractivity contribution in [1.29, 1.82) is 0 Å². The second kappa shape index (κ2) is 5.53. The molecule has 19 heavy (non-hydrogen) atoms. The van der Waals surface area contributed by atoms with E-state index in [2.05, 4.69) is 5.32 Å². The van der Waals surface area contributed by atoms with E-state index in [1.165, 1.54) is 6.07 Å². The third kappa shape index (κ3) is 2.68. The van der Waals surface area contributed by atoms with Gasteiger partial charge in [-0.3, -0.25) is 0 Å². The van der Waals surface area contributed by atoms with Gasteiger partial charge in [0.2, 0.25) is 0 Å². The quantitative estimate of drug-likeness (QED) is 0.907. The Morgan fingerprint density at radius 1 is 1.16 bits per heavy atom. The molecule has 0 fully saturated rings. The fourth-order valence-electron chi connectivity index (χ4n) is 2.13. The summed E-state index contributed by atoms with van der Waals surface area (Å²) in [6.45, 7) is 6.11. The lowest BCUT2D eigenvalue weighted by molar-refractivity contribution is 0.437. The van der Waals surface area contributed by atoms with Crippen LogP contribution in [0.25, 0.3) is 0 Å². The molecule has 0 amide bonds. The van der Waals surface area contributed by atoms with Gasteiger partial charge < -0.3 is 9.73 Å². The van der Waals surface area contributed by atoms with E-state index in [0.717, 1.165) is 11.6 Å².